The molecule has 29 heavy (non-hydrogen) atoms. The van der Waals surface area contributed by atoms with E-state index in [4.69, 9.17) is 4.52 Å². The molecule has 0 radical (unpaired) electrons. The van der Waals surface area contributed by atoms with Crippen LogP contribution in [0.3, 0.4) is 0 Å². The van der Waals surface area contributed by atoms with Crippen LogP contribution in [0.4, 0.5) is 0 Å². The van der Waals surface area contributed by atoms with Crippen molar-refractivity contribution >= 4 is 12.8 Å². The highest BCUT2D eigenvalue weighted by Gasteiger charge is 2.31. The molecule has 0 spiro atoms. The standard InChI is InChI=1S/C24H26NO3P/c1-5-8-23(9-6-2)29(27,28-7-3)24-17-21(16-22(18-26)25-24)15-14-20-12-10-19(4)11-13-20/h5-6,8-13,16-17,26H,1,7,18H2,2-4H3/b9-6-,23-8+. The van der Waals surface area contributed by atoms with E-state index in [-0.39, 0.29) is 18.6 Å². The summed E-state index contributed by atoms with van der Waals surface area (Å²) in [5, 5.41) is 10.1. The minimum absolute atomic E-state index is 0.249. The van der Waals surface area contributed by atoms with Crippen molar-refractivity contribution in [2.24, 2.45) is 0 Å². The summed E-state index contributed by atoms with van der Waals surface area (Å²) in [6, 6.07) is 11.2. The summed E-state index contributed by atoms with van der Waals surface area (Å²) in [6.45, 7) is 9.30. The SMILES string of the molecule is C=C/C=C(\C=C/C)P(=O)(OCC)c1cc(C#Cc2ccc(C)cc2)cc(CO)n1. The largest absolute Gasteiger partial charge is 0.390 e. The van der Waals surface area contributed by atoms with E-state index >= 15 is 0 Å². The van der Waals surface area contributed by atoms with Gasteiger partial charge < -0.3 is 9.63 Å². The van der Waals surface area contributed by atoms with Gasteiger partial charge in [0.2, 0.25) is 0 Å². The minimum atomic E-state index is -3.47. The molecule has 1 aromatic carbocycles. The molecule has 1 N–H and O–H groups in total. The van der Waals surface area contributed by atoms with Crippen LogP contribution in [0.25, 0.3) is 0 Å². The Morgan fingerprint density at radius 2 is 1.93 bits per heavy atom. The average molecular weight is 407 g/mol. The molecule has 2 aromatic rings. The van der Waals surface area contributed by atoms with Crippen molar-refractivity contribution in [3.8, 4) is 11.8 Å². The fraction of sp³-hybridized carbons (Fsp3) is 0.208. The zero-order valence-electron chi connectivity index (χ0n) is 17.1. The van der Waals surface area contributed by atoms with Gasteiger partial charge in [0.15, 0.2) is 0 Å². The van der Waals surface area contributed by atoms with E-state index in [1.54, 1.807) is 43.4 Å². The summed E-state index contributed by atoms with van der Waals surface area (Å²) < 4.78 is 19.6. The zero-order valence-corrected chi connectivity index (χ0v) is 17.9. The fourth-order valence-electron chi connectivity index (χ4n) is 2.66. The Morgan fingerprint density at radius 1 is 1.24 bits per heavy atom. The van der Waals surface area contributed by atoms with E-state index in [0.29, 0.717) is 16.6 Å². The number of hydrogen-bond donors (Lipinski definition) is 1. The van der Waals surface area contributed by atoms with Gasteiger partial charge in [-0.1, -0.05) is 54.3 Å². The lowest BCUT2D eigenvalue weighted by Gasteiger charge is -2.19. The third kappa shape index (κ3) is 5.89. The van der Waals surface area contributed by atoms with Crippen LogP contribution in [0.5, 0.6) is 0 Å². The summed E-state index contributed by atoms with van der Waals surface area (Å²) in [4.78, 5) is 4.38. The van der Waals surface area contributed by atoms with Crippen LogP contribution in [0.2, 0.25) is 0 Å². The molecule has 150 valence electrons. The monoisotopic (exact) mass is 407 g/mol. The number of aryl methyl sites for hydroxylation is 1. The number of nitrogens with zero attached hydrogens (tertiary/aromatic N) is 1. The lowest BCUT2D eigenvalue weighted by atomic mass is 10.1. The number of aliphatic hydroxyl groups is 1. The molecule has 0 aliphatic carbocycles. The molecule has 0 saturated heterocycles. The third-order valence-electron chi connectivity index (χ3n) is 4.01. The van der Waals surface area contributed by atoms with Crippen molar-refractivity contribution in [1.29, 1.82) is 0 Å². The van der Waals surface area contributed by atoms with Gasteiger partial charge in [-0.15, -0.1) is 0 Å². The van der Waals surface area contributed by atoms with Gasteiger partial charge in [0.25, 0.3) is 7.37 Å². The van der Waals surface area contributed by atoms with E-state index in [0.717, 1.165) is 11.1 Å². The Morgan fingerprint density at radius 3 is 2.52 bits per heavy atom. The van der Waals surface area contributed by atoms with Crippen LogP contribution < -0.4 is 5.44 Å². The number of benzene rings is 1. The molecule has 1 atom stereocenters. The Kier molecular flexibility index (Phi) is 8.36. The van der Waals surface area contributed by atoms with Gasteiger partial charge in [-0.05, 0) is 51.1 Å². The molecule has 0 fully saturated rings. The number of pyridine rings is 1. The Labute approximate surface area is 173 Å². The van der Waals surface area contributed by atoms with Crippen molar-refractivity contribution in [3.63, 3.8) is 0 Å². The van der Waals surface area contributed by atoms with Crippen LogP contribution in [-0.2, 0) is 15.7 Å². The number of allylic oxidation sites excluding steroid dienone is 5. The molecule has 1 aromatic heterocycles. The normalized spacial score (nSPS) is 13.6. The number of aromatic nitrogens is 1. The highest BCUT2D eigenvalue weighted by Crippen LogP contribution is 2.54. The van der Waals surface area contributed by atoms with Gasteiger partial charge in [0.05, 0.1) is 18.9 Å². The number of rotatable bonds is 7. The van der Waals surface area contributed by atoms with E-state index in [1.807, 2.05) is 38.1 Å². The molecule has 0 aliphatic heterocycles. The van der Waals surface area contributed by atoms with E-state index in [1.165, 1.54) is 0 Å². The molecule has 1 heterocycles. The van der Waals surface area contributed by atoms with Crippen LogP contribution in [0.1, 0.15) is 36.2 Å². The number of aliphatic hydroxyl groups excluding tert-OH is 1. The molecule has 4 nitrogen and oxygen atoms in total. The topological polar surface area (TPSA) is 59.4 Å². The Bertz CT molecular complexity index is 1020. The van der Waals surface area contributed by atoms with Crippen molar-refractivity contribution in [3.05, 3.63) is 95.0 Å². The molecular weight excluding hydrogens is 381 g/mol. The minimum Gasteiger partial charge on any atom is -0.390 e. The predicted molar refractivity (Wildman–Crippen MR) is 119 cm³/mol. The maximum atomic E-state index is 13.8. The first-order chi connectivity index (χ1) is 14.0. The van der Waals surface area contributed by atoms with E-state index in [2.05, 4.69) is 23.4 Å². The summed E-state index contributed by atoms with van der Waals surface area (Å²) >= 11 is 0. The smallest absolute Gasteiger partial charge is 0.279 e. The van der Waals surface area contributed by atoms with E-state index < -0.39 is 7.37 Å². The van der Waals surface area contributed by atoms with Gasteiger partial charge >= 0.3 is 0 Å². The maximum absolute atomic E-state index is 13.8. The maximum Gasteiger partial charge on any atom is 0.279 e. The molecule has 0 amide bonds. The second-order valence-electron chi connectivity index (χ2n) is 6.28. The van der Waals surface area contributed by atoms with Gasteiger partial charge in [0, 0.05) is 16.4 Å². The van der Waals surface area contributed by atoms with Crippen LogP contribution >= 0.6 is 7.37 Å². The fourth-order valence-corrected chi connectivity index (χ4v) is 4.78. The van der Waals surface area contributed by atoms with Gasteiger partial charge in [0.1, 0.15) is 5.44 Å². The summed E-state index contributed by atoms with van der Waals surface area (Å²) in [5.41, 5.74) is 3.28. The van der Waals surface area contributed by atoms with E-state index in [9.17, 15) is 9.67 Å². The first-order valence-corrected chi connectivity index (χ1v) is 11.0. The van der Waals surface area contributed by atoms with Crippen molar-refractivity contribution in [2.45, 2.75) is 27.4 Å². The zero-order chi connectivity index (χ0) is 21.3. The third-order valence-corrected chi connectivity index (χ3v) is 6.44. The second-order valence-corrected chi connectivity index (χ2v) is 8.61. The highest BCUT2D eigenvalue weighted by atomic mass is 31.2. The summed E-state index contributed by atoms with van der Waals surface area (Å²) in [6.07, 6.45) is 6.73. The van der Waals surface area contributed by atoms with Crippen molar-refractivity contribution < 1.29 is 14.2 Å². The molecule has 0 bridgehead atoms. The Hall–Kier alpha value is -2.70. The molecule has 5 heteroatoms. The Balaban J connectivity index is 2.60. The molecule has 2 rings (SSSR count). The van der Waals surface area contributed by atoms with Gasteiger partial charge in [-0.25, -0.2) is 4.98 Å². The lowest BCUT2D eigenvalue weighted by molar-refractivity contribution is 0.277. The second kappa shape index (κ2) is 10.7. The van der Waals surface area contributed by atoms with Crippen LogP contribution in [0, 0.1) is 18.8 Å². The number of hydrogen-bond acceptors (Lipinski definition) is 4. The average Bonchev–Trinajstić information content (AvgIpc) is 2.73. The molecular formula is C24H26NO3P. The summed E-state index contributed by atoms with van der Waals surface area (Å²) in [5.74, 6) is 6.17. The van der Waals surface area contributed by atoms with Gasteiger partial charge in [-0.3, -0.25) is 4.57 Å². The van der Waals surface area contributed by atoms with Crippen molar-refractivity contribution in [2.75, 3.05) is 6.61 Å². The first kappa shape index (κ1) is 22.6. The highest BCUT2D eigenvalue weighted by molar-refractivity contribution is 7.71. The van der Waals surface area contributed by atoms with Gasteiger partial charge in [-0.2, -0.15) is 0 Å². The molecule has 1 unspecified atom stereocenters. The lowest BCUT2D eigenvalue weighted by Crippen LogP contribution is -2.16. The molecule has 0 saturated carbocycles. The quantitative estimate of drug-likeness (QED) is 0.404. The summed E-state index contributed by atoms with van der Waals surface area (Å²) in [7, 11) is -3.47. The predicted octanol–water partition coefficient (Wildman–Crippen LogP) is 4.87. The van der Waals surface area contributed by atoms with Crippen molar-refractivity contribution in [1.82, 2.24) is 4.98 Å². The first-order valence-electron chi connectivity index (χ1n) is 9.38. The van der Waals surface area contributed by atoms with Crippen LogP contribution in [-0.4, -0.2) is 16.7 Å². The molecule has 0 aliphatic rings. The van der Waals surface area contributed by atoms with Crippen LogP contribution in [0.15, 0.2) is 72.6 Å².